The van der Waals surface area contributed by atoms with Crippen LogP contribution >= 0.6 is 50.5 Å². The summed E-state index contributed by atoms with van der Waals surface area (Å²) in [6.07, 6.45) is 0. The molecule has 1 aromatic carbocycles. The van der Waals surface area contributed by atoms with Gasteiger partial charge in [-0.2, -0.15) is 0 Å². The first-order valence-corrected chi connectivity index (χ1v) is 7.06. The molecule has 0 aliphatic rings. The third-order valence-electron chi connectivity index (χ3n) is 2.10. The lowest BCUT2D eigenvalue weighted by Crippen LogP contribution is -1.99. The Balaban J connectivity index is 2.10. The van der Waals surface area contributed by atoms with Crippen LogP contribution in [-0.2, 0) is 6.54 Å². The third kappa shape index (κ3) is 3.13. The summed E-state index contributed by atoms with van der Waals surface area (Å²) in [6.45, 7) is 0.507. The highest BCUT2D eigenvalue weighted by molar-refractivity contribution is 9.10. The van der Waals surface area contributed by atoms with Crippen LogP contribution < -0.4 is 5.32 Å². The molecule has 0 atom stereocenters. The van der Waals surface area contributed by atoms with Gasteiger partial charge in [-0.05, 0) is 34.1 Å². The molecule has 2 rings (SSSR count). The van der Waals surface area contributed by atoms with Crippen LogP contribution in [0.25, 0.3) is 0 Å². The lowest BCUT2D eigenvalue weighted by atomic mass is 10.3. The van der Waals surface area contributed by atoms with Crippen molar-refractivity contribution in [1.82, 2.24) is 0 Å². The Bertz CT molecular complexity index is 525. The molecule has 1 N–H and O–H groups in total. The van der Waals surface area contributed by atoms with Crippen LogP contribution in [0.3, 0.4) is 0 Å². The van der Waals surface area contributed by atoms with E-state index in [-0.39, 0.29) is 5.02 Å². The standard InChI is InChI=1S/C11H7BrCl2FNS/c12-7-4-6(17-11(7)14)5-16-9-3-1-2-8(13)10(9)15/h1-4,16H,5H2. The van der Waals surface area contributed by atoms with Gasteiger partial charge in [-0.25, -0.2) is 4.39 Å². The van der Waals surface area contributed by atoms with E-state index in [1.807, 2.05) is 6.07 Å². The first-order chi connectivity index (χ1) is 8.08. The molecule has 17 heavy (non-hydrogen) atoms. The summed E-state index contributed by atoms with van der Waals surface area (Å²) in [4.78, 5) is 1.02. The maximum atomic E-state index is 13.6. The van der Waals surface area contributed by atoms with Crippen LogP contribution in [0.5, 0.6) is 0 Å². The summed E-state index contributed by atoms with van der Waals surface area (Å²) in [5.74, 6) is -0.434. The molecule has 0 fully saturated rings. The highest BCUT2D eigenvalue weighted by Crippen LogP contribution is 2.32. The van der Waals surface area contributed by atoms with E-state index in [4.69, 9.17) is 23.2 Å². The van der Waals surface area contributed by atoms with Crippen molar-refractivity contribution in [3.05, 3.63) is 48.8 Å². The van der Waals surface area contributed by atoms with Gasteiger partial charge in [0.2, 0.25) is 0 Å². The van der Waals surface area contributed by atoms with E-state index in [1.165, 1.54) is 17.4 Å². The van der Waals surface area contributed by atoms with Gasteiger partial charge in [0.05, 0.1) is 10.7 Å². The predicted molar refractivity (Wildman–Crippen MR) is 75.8 cm³/mol. The van der Waals surface area contributed by atoms with Gasteiger partial charge < -0.3 is 5.32 Å². The monoisotopic (exact) mass is 353 g/mol. The van der Waals surface area contributed by atoms with Gasteiger partial charge in [0.25, 0.3) is 0 Å². The Labute approximate surface area is 121 Å². The minimum atomic E-state index is -0.434. The molecule has 1 aromatic heterocycles. The molecule has 0 aliphatic heterocycles. The fraction of sp³-hybridized carbons (Fsp3) is 0.0909. The lowest BCUT2D eigenvalue weighted by Gasteiger charge is -2.06. The average molecular weight is 355 g/mol. The maximum Gasteiger partial charge on any atom is 0.164 e. The fourth-order valence-corrected chi connectivity index (χ4v) is 3.21. The average Bonchev–Trinajstić information content (AvgIpc) is 2.61. The van der Waals surface area contributed by atoms with Gasteiger partial charge in [-0.15, -0.1) is 11.3 Å². The first kappa shape index (κ1) is 13.1. The van der Waals surface area contributed by atoms with E-state index < -0.39 is 5.82 Å². The Hall–Kier alpha value is -0.290. The minimum Gasteiger partial charge on any atom is -0.378 e. The number of hydrogen-bond acceptors (Lipinski definition) is 2. The van der Waals surface area contributed by atoms with Gasteiger partial charge in [-0.1, -0.05) is 29.3 Å². The van der Waals surface area contributed by atoms with Gasteiger partial charge in [0.1, 0.15) is 4.34 Å². The van der Waals surface area contributed by atoms with Crippen molar-refractivity contribution in [3.63, 3.8) is 0 Å². The molecule has 1 nitrogen and oxygen atoms in total. The molecule has 0 saturated carbocycles. The number of halogens is 4. The van der Waals surface area contributed by atoms with Gasteiger partial charge in [0, 0.05) is 15.9 Å². The van der Waals surface area contributed by atoms with Crippen LogP contribution in [0.4, 0.5) is 10.1 Å². The summed E-state index contributed by atoms with van der Waals surface area (Å²) < 4.78 is 15.1. The summed E-state index contributed by atoms with van der Waals surface area (Å²) in [7, 11) is 0. The normalized spacial score (nSPS) is 10.6. The van der Waals surface area contributed by atoms with E-state index in [1.54, 1.807) is 12.1 Å². The van der Waals surface area contributed by atoms with Crippen molar-refractivity contribution in [2.75, 3.05) is 5.32 Å². The van der Waals surface area contributed by atoms with Crippen LogP contribution in [0.1, 0.15) is 4.88 Å². The Morgan fingerprint density at radius 2 is 2.12 bits per heavy atom. The second kappa shape index (κ2) is 5.57. The highest BCUT2D eigenvalue weighted by atomic mass is 79.9. The predicted octanol–water partition coefficient (Wildman–Crippen LogP) is 5.57. The van der Waals surface area contributed by atoms with Crippen LogP contribution in [0.15, 0.2) is 28.7 Å². The topological polar surface area (TPSA) is 12.0 Å². The molecular weight excluding hydrogens is 348 g/mol. The smallest absolute Gasteiger partial charge is 0.164 e. The highest BCUT2D eigenvalue weighted by Gasteiger charge is 2.08. The number of rotatable bonds is 3. The van der Waals surface area contributed by atoms with Crippen molar-refractivity contribution in [1.29, 1.82) is 0 Å². The van der Waals surface area contributed by atoms with Crippen LogP contribution in [0, 0.1) is 5.82 Å². The number of hydrogen-bond donors (Lipinski definition) is 1. The van der Waals surface area contributed by atoms with Crippen molar-refractivity contribution < 1.29 is 4.39 Å². The largest absolute Gasteiger partial charge is 0.378 e. The minimum absolute atomic E-state index is 0.111. The molecule has 6 heteroatoms. The number of thiophene rings is 1. The molecular formula is C11H7BrCl2FNS. The zero-order valence-electron chi connectivity index (χ0n) is 8.44. The molecule has 90 valence electrons. The molecule has 0 spiro atoms. The summed E-state index contributed by atoms with van der Waals surface area (Å²) >= 11 is 16.4. The lowest BCUT2D eigenvalue weighted by molar-refractivity contribution is 0.630. The quantitative estimate of drug-likeness (QED) is 0.759. The molecule has 1 heterocycles. The summed E-state index contributed by atoms with van der Waals surface area (Å²) in [6, 6.07) is 6.76. The number of anilines is 1. The summed E-state index contributed by atoms with van der Waals surface area (Å²) in [5.41, 5.74) is 0.387. The molecule has 2 aromatic rings. The van der Waals surface area contributed by atoms with Crippen LogP contribution in [0.2, 0.25) is 9.36 Å². The molecule has 0 amide bonds. The van der Waals surface area contributed by atoms with Crippen molar-refractivity contribution in [2.45, 2.75) is 6.54 Å². The van der Waals surface area contributed by atoms with E-state index in [0.717, 1.165) is 9.35 Å². The Morgan fingerprint density at radius 3 is 2.76 bits per heavy atom. The van der Waals surface area contributed by atoms with Gasteiger partial charge in [0.15, 0.2) is 5.82 Å². The Kier molecular flexibility index (Phi) is 4.31. The van der Waals surface area contributed by atoms with Gasteiger partial charge in [-0.3, -0.25) is 0 Å². The van der Waals surface area contributed by atoms with Crippen molar-refractivity contribution >= 4 is 56.2 Å². The van der Waals surface area contributed by atoms with E-state index in [9.17, 15) is 4.39 Å². The number of nitrogens with one attached hydrogen (secondary N) is 1. The van der Waals surface area contributed by atoms with E-state index in [2.05, 4.69) is 21.2 Å². The molecule has 0 bridgehead atoms. The zero-order valence-corrected chi connectivity index (χ0v) is 12.4. The zero-order chi connectivity index (χ0) is 12.4. The third-order valence-corrected chi connectivity index (χ3v) is 4.87. The second-order valence-electron chi connectivity index (χ2n) is 3.29. The molecule has 0 unspecified atom stereocenters. The van der Waals surface area contributed by atoms with E-state index in [0.29, 0.717) is 16.6 Å². The first-order valence-electron chi connectivity index (χ1n) is 4.69. The van der Waals surface area contributed by atoms with Crippen molar-refractivity contribution in [2.24, 2.45) is 0 Å². The van der Waals surface area contributed by atoms with Crippen molar-refractivity contribution in [3.8, 4) is 0 Å². The Morgan fingerprint density at radius 1 is 1.35 bits per heavy atom. The molecule has 0 radical (unpaired) electrons. The van der Waals surface area contributed by atoms with Gasteiger partial charge >= 0.3 is 0 Å². The van der Waals surface area contributed by atoms with Crippen LogP contribution in [-0.4, -0.2) is 0 Å². The van der Waals surface area contributed by atoms with E-state index >= 15 is 0 Å². The SMILES string of the molecule is Fc1c(Cl)cccc1NCc1cc(Br)c(Cl)s1. The second-order valence-corrected chi connectivity index (χ2v) is 6.29. The summed E-state index contributed by atoms with van der Waals surface area (Å²) in [5, 5.41) is 3.09. The maximum absolute atomic E-state index is 13.6. The molecule has 0 aliphatic carbocycles. The fourth-order valence-electron chi connectivity index (χ4n) is 1.30. The number of benzene rings is 1. The molecule has 0 saturated heterocycles.